The van der Waals surface area contributed by atoms with E-state index in [9.17, 15) is 0 Å². The third-order valence-corrected chi connectivity index (χ3v) is 4.10. The van der Waals surface area contributed by atoms with Gasteiger partial charge in [-0.25, -0.2) is 0 Å². The van der Waals surface area contributed by atoms with Gasteiger partial charge in [-0.05, 0) is 43.5 Å². The lowest BCUT2D eigenvalue weighted by atomic mass is 9.94. The topological polar surface area (TPSA) is 24.8 Å². The van der Waals surface area contributed by atoms with Crippen LogP contribution in [0.1, 0.15) is 17.5 Å². The molecule has 3 nitrogen and oxygen atoms in total. The molecule has 3 atom stereocenters. The Labute approximate surface area is 120 Å². The van der Waals surface area contributed by atoms with E-state index in [1.165, 1.54) is 25.1 Å². The van der Waals surface area contributed by atoms with Crippen molar-refractivity contribution in [2.24, 2.45) is 17.0 Å². The lowest BCUT2D eigenvalue weighted by Gasteiger charge is -2.17. The molecule has 2 bridgehead atoms. The second-order valence-corrected chi connectivity index (χ2v) is 5.67. The van der Waals surface area contributed by atoms with Gasteiger partial charge >= 0.3 is 0 Å². The van der Waals surface area contributed by atoms with E-state index < -0.39 is 0 Å². The van der Waals surface area contributed by atoms with E-state index >= 15 is 0 Å². The quantitative estimate of drug-likeness (QED) is 0.364. The Morgan fingerprint density at radius 2 is 2.40 bits per heavy atom. The maximum absolute atomic E-state index is 5.23. The lowest BCUT2D eigenvalue weighted by molar-refractivity contribution is 0.178. The van der Waals surface area contributed by atoms with Gasteiger partial charge in [0.25, 0.3) is 0 Å². The zero-order valence-electron chi connectivity index (χ0n) is 11.9. The summed E-state index contributed by atoms with van der Waals surface area (Å²) in [7, 11) is 0. The molecule has 0 N–H and O–H groups in total. The number of piperidine rings is 1. The normalized spacial score (nSPS) is 27.6. The Hall–Kier alpha value is -1.79. The van der Waals surface area contributed by atoms with Gasteiger partial charge in [0, 0.05) is 30.8 Å². The average Bonchev–Trinajstić information content (AvgIpc) is 3.05. The molecule has 2 fully saturated rings. The van der Waals surface area contributed by atoms with E-state index in [1.54, 1.807) is 0 Å². The van der Waals surface area contributed by atoms with Gasteiger partial charge in [-0.1, -0.05) is 29.1 Å². The van der Waals surface area contributed by atoms with E-state index in [0.29, 0.717) is 12.5 Å². The summed E-state index contributed by atoms with van der Waals surface area (Å²) in [5, 5.41) is 4.07. The molecule has 0 radical (unpaired) electrons. The van der Waals surface area contributed by atoms with Crippen molar-refractivity contribution in [3.63, 3.8) is 0 Å². The predicted octanol–water partition coefficient (Wildman–Crippen LogP) is 2.30. The summed E-state index contributed by atoms with van der Waals surface area (Å²) in [5.41, 5.74) is 2.25. The minimum absolute atomic E-state index is 0.353. The van der Waals surface area contributed by atoms with Crippen LogP contribution >= 0.6 is 0 Å². The second-order valence-electron chi connectivity index (χ2n) is 5.67. The molecule has 0 saturated carbocycles. The largest absolute Gasteiger partial charge is 0.383 e. The zero-order chi connectivity index (χ0) is 13.8. The highest BCUT2D eigenvalue weighted by Gasteiger charge is 2.36. The van der Waals surface area contributed by atoms with Crippen molar-refractivity contribution in [2.75, 3.05) is 26.2 Å². The van der Waals surface area contributed by atoms with Crippen LogP contribution in [0.25, 0.3) is 0 Å². The highest BCUT2D eigenvalue weighted by atomic mass is 16.6. The molecule has 0 amide bonds. The molecule has 3 rings (SSSR count). The summed E-state index contributed by atoms with van der Waals surface area (Å²) < 4.78 is 0. The summed E-state index contributed by atoms with van der Waals surface area (Å²) in [5.74, 6) is 7.45. The fourth-order valence-corrected chi connectivity index (χ4v) is 3.05. The predicted molar refractivity (Wildman–Crippen MR) is 80.5 cm³/mol. The van der Waals surface area contributed by atoms with Crippen LogP contribution in [-0.2, 0) is 4.84 Å². The first kappa shape index (κ1) is 13.2. The van der Waals surface area contributed by atoms with Gasteiger partial charge < -0.3 is 9.74 Å². The molecule has 0 aliphatic carbocycles. The molecular weight excluding hydrogens is 248 g/mol. The van der Waals surface area contributed by atoms with Gasteiger partial charge in [-0.15, -0.1) is 0 Å². The monoisotopic (exact) mass is 268 g/mol. The van der Waals surface area contributed by atoms with E-state index in [1.807, 2.05) is 18.3 Å². The number of benzene rings is 1. The number of fused-ring (bicyclic) bond motifs is 2. The molecule has 0 spiro atoms. The minimum atomic E-state index is 0.353. The van der Waals surface area contributed by atoms with Gasteiger partial charge in [-0.3, -0.25) is 0 Å². The molecule has 1 aromatic rings. The molecule has 2 saturated heterocycles. The Morgan fingerprint density at radius 1 is 1.45 bits per heavy atom. The number of hydrogen-bond donors (Lipinski definition) is 0. The first-order chi connectivity index (χ1) is 9.81. The number of oxime groups is 1. The molecule has 2 aliphatic rings. The van der Waals surface area contributed by atoms with Crippen molar-refractivity contribution < 1.29 is 4.84 Å². The van der Waals surface area contributed by atoms with Crippen molar-refractivity contribution in [3.05, 3.63) is 35.4 Å². The standard InChI is InChI=1S/C17H20N2O/c1-14-4-2-5-15(10-14)6-3-9-20-18-11-17-13-19-8-7-16(17)12-19/h2,4-5,10-11,16-17H,7-9,12-13H2,1H3/b18-11+/t16-,17?/m0/s1. The van der Waals surface area contributed by atoms with Crippen LogP contribution in [0.15, 0.2) is 29.4 Å². The molecule has 20 heavy (non-hydrogen) atoms. The SMILES string of the molecule is Cc1cccc(C#CCO/N=C/C2CN3CC[C@H]2C3)c1. The molecular formula is C17H20N2O. The second kappa shape index (κ2) is 6.11. The van der Waals surface area contributed by atoms with Gasteiger partial charge in [-0.2, -0.15) is 0 Å². The number of hydrogen-bond acceptors (Lipinski definition) is 3. The Bertz CT molecular complexity index is 556. The Balaban J connectivity index is 1.42. The highest BCUT2D eigenvalue weighted by molar-refractivity contribution is 5.61. The van der Waals surface area contributed by atoms with Crippen LogP contribution in [0.5, 0.6) is 0 Å². The summed E-state index contributed by atoms with van der Waals surface area (Å²) in [6.45, 7) is 6.07. The van der Waals surface area contributed by atoms with Crippen molar-refractivity contribution in [2.45, 2.75) is 13.3 Å². The highest BCUT2D eigenvalue weighted by Crippen LogP contribution is 2.31. The summed E-state index contributed by atoms with van der Waals surface area (Å²) >= 11 is 0. The molecule has 2 heterocycles. The Morgan fingerprint density at radius 3 is 3.15 bits per heavy atom. The third kappa shape index (κ3) is 3.20. The number of rotatable bonds is 3. The Kier molecular flexibility index (Phi) is 4.03. The fourth-order valence-electron chi connectivity index (χ4n) is 3.05. The summed E-state index contributed by atoms with van der Waals surface area (Å²) in [4.78, 5) is 7.73. The number of aryl methyl sites for hydroxylation is 1. The van der Waals surface area contributed by atoms with Gasteiger partial charge in [0.15, 0.2) is 6.61 Å². The molecule has 2 aliphatic heterocycles. The van der Waals surface area contributed by atoms with Crippen molar-refractivity contribution in [1.29, 1.82) is 0 Å². The first-order valence-electron chi connectivity index (χ1n) is 7.24. The number of nitrogens with zero attached hydrogens (tertiary/aromatic N) is 2. The lowest BCUT2D eigenvalue weighted by Crippen LogP contribution is -2.24. The molecule has 2 unspecified atom stereocenters. The van der Waals surface area contributed by atoms with Crippen LogP contribution < -0.4 is 0 Å². The van der Waals surface area contributed by atoms with Crippen molar-refractivity contribution in [3.8, 4) is 11.8 Å². The molecule has 0 aromatic heterocycles. The molecule has 104 valence electrons. The van der Waals surface area contributed by atoms with E-state index in [-0.39, 0.29) is 0 Å². The zero-order valence-corrected chi connectivity index (χ0v) is 11.9. The maximum atomic E-state index is 5.23. The maximum Gasteiger partial charge on any atom is 0.177 e. The average molecular weight is 268 g/mol. The van der Waals surface area contributed by atoms with Gasteiger partial charge in [0.2, 0.25) is 0 Å². The van der Waals surface area contributed by atoms with Crippen LogP contribution in [0, 0.1) is 30.6 Å². The first-order valence-corrected chi connectivity index (χ1v) is 7.24. The third-order valence-electron chi connectivity index (χ3n) is 4.10. The fraction of sp³-hybridized carbons (Fsp3) is 0.471. The van der Waals surface area contributed by atoms with Crippen molar-refractivity contribution >= 4 is 6.21 Å². The molecule has 3 heteroatoms. The van der Waals surface area contributed by atoms with E-state index in [2.05, 4.69) is 41.0 Å². The summed E-state index contributed by atoms with van der Waals surface area (Å²) in [6.07, 6.45) is 3.28. The van der Waals surface area contributed by atoms with Crippen LogP contribution in [0.2, 0.25) is 0 Å². The van der Waals surface area contributed by atoms with E-state index in [4.69, 9.17) is 4.84 Å². The van der Waals surface area contributed by atoms with Crippen molar-refractivity contribution in [1.82, 2.24) is 4.90 Å². The van der Waals surface area contributed by atoms with E-state index in [0.717, 1.165) is 18.0 Å². The van der Waals surface area contributed by atoms with Crippen LogP contribution in [0.4, 0.5) is 0 Å². The smallest absolute Gasteiger partial charge is 0.177 e. The van der Waals surface area contributed by atoms with Gasteiger partial charge in [0.1, 0.15) is 0 Å². The van der Waals surface area contributed by atoms with Gasteiger partial charge in [0.05, 0.1) is 0 Å². The van der Waals surface area contributed by atoms with Crippen LogP contribution in [0.3, 0.4) is 0 Å². The minimum Gasteiger partial charge on any atom is -0.383 e. The van der Waals surface area contributed by atoms with Crippen LogP contribution in [-0.4, -0.2) is 37.4 Å². The molecule has 1 aromatic carbocycles. The summed E-state index contributed by atoms with van der Waals surface area (Å²) in [6, 6.07) is 8.16.